The fourth-order valence-electron chi connectivity index (χ4n) is 4.51. The van der Waals surface area contributed by atoms with E-state index in [9.17, 15) is 4.79 Å². The summed E-state index contributed by atoms with van der Waals surface area (Å²) in [4.78, 5) is 24.7. The number of hydrogen-bond donors (Lipinski definition) is 0. The van der Waals surface area contributed by atoms with E-state index >= 15 is 0 Å². The first-order valence-electron chi connectivity index (χ1n) is 11.1. The fourth-order valence-corrected chi connectivity index (χ4v) is 6.90. The molecular weight excluding hydrogens is 438 g/mol. The number of fused-ring (bicyclic) bond motifs is 1. The Kier molecular flexibility index (Phi) is 5.95. The van der Waals surface area contributed by atoms with Crippen LogP contribution in [0.3, 0.4) is 0 Å². The van der Waals surface area contributed by atoms with Gasteiger partial charge >= 0.3 is 0 Å². The topological polar surface area (TPSA) is 45.1 Å². The van der Waals surface area contributed by atoms with Crippen molar-refractivity contribution in [2.24, 2.45) is 4.99 Å². The molecule has 3 aliphatic rings. The molecule has 1 saturated heterocycles. The van der Waals surface area contributed by atoms with E-state index in [1.165, 1.54) is 36.6 Å². The lowest BCUT2D eigenvalue weighted by molar-refractivity contribution is -0.124. The number of rotatable bonds is 3. The number of aryl methyl sites for hydroxylation is 1. The van der Waals surface area contributed by atoms with Crippen molar-refractivity contribution >= 4 is 46.0 Å². The van der Waals surface area contributed by atoms with Gasteiger partial charge in [-0.2, -0.15) is 0 Å². The summed E-state index contributed by atoms with van der Waals surface area (Å²) in [5, 5.41) is 1.77. The van der Waals surface area contributed by atoms with Crippen LogP contribution < -0.4 is 9.64 Å². The maximum Gasteiger partial charge on any atom is 0.269 e. The van der Waals surface area contributed by atoms with Crippen molar-refractivity contribution in [2.45, 2.75) is 50.0 Å². The number of benzene rings is 2. The molecule has 2 fully saturated rings. The number of anilines is 1. The number of carbonyl (C=O) groups excluding carboxylic acids is 1. The first-order valence-corrected chi connectivity index (χ1v) is 12.7. The van der Waals surface area contributed by atoms with Gasteiger partial charge in [0.25, 0.3) is 5.91 Å². The number of carbonyl (C=O) groups is 1. The smallest absolute Gasteiger partial charge is 0.269 e. The molecule has 166 valence electrons. The molecule has 5 nitrogen and oxygen atoms in total. The summed E-state index contributed by atoms with van der Waals surface area (Å²) in [6.07, 6.45) is 5.68. The minimum atomic E-state index is 0.0856. The Hall–Kier alpha value is -2.38. The minimum Gasteiger partial charge on any atom is -0.497 e. The summed E-state index contributed by atoms with van der Waals surface area (Å²) in [6, 6.07) is 14.5. The lowest BCUT2D eigenvalue weighted by Crippen LogP contribution is -2.40. The van der Waals surface area contributed by atoms with Gasteiger partial charge < -0.3 is 9.64 Å². The van der Waals surface area contributed by atoms with Crippen molar-refractivity contribution < 1.29 is 9.53 Å². The minimum absolute atomic E-state index is 0.0856. The molecule has 2 aromatic carbocycles. The molecule has 32 heavy (non-hydrogen) atoms. The summed E-state index contributed by atoms with van der Waals surface area (Å²) in [5.74, 6) is 0.904. The molecule has 0 atom stereocenters. The van der Waals surface area contributed by atoms with Gasteiger partial charge in [-0.15, -0.1) is 0 Å². The van der Waals surface area contributed by atoms with Crippen LogP contribution in [0.1, 0.15) is 37.7 Å². The number of ether oxygens (including phenoxy) is 1. The second-order valence-electron chi connectivity index (χ2n) is 8.43. The van der Waals surface area contributed by atoms with Crippen LogP contribution in [0.5, 0.6) is 5.75 Å². The molecule has 0 aromatic heterocycles. The predicted octanol–water partition coefficient (Wildman–Crippen LogP) is 6.31. The normalized spacial score (nSPS) is 22.7. The molecule has 1 saturated carbocycles. The van der Waals surface area contributed by atoms with Gasteiger partial charge in [-0.25, -0.2) is 4.99 Å². The Morgan fingerprint density at radius 3 is 2.62 bits per heavy atom. The van der Waals surface area contributed by atoms with Crippen LogP contribution in [0.2, 0.25) is 0 Å². The van der Waals surface area contributed by atoms with Crippen molar-refractivity contribution in [1.29, 1.82) is 0 Å². The molecular formula is C25H27N3O2S2. The van der Waals surface area contributed by atoms with E-state index in [2.05, 4.69) is 30.0 Å². The average Bonchev–Trinajstić information content (AvgIpc) is 3.30. The van der Waals surface area contributed by atoms with Crippen molar-refractivity contribution in [3.05, 3.63) is 58.0 Å². The van der Waals surface area contributed by atoms with Crippen LogP contribution in [-0.4, -0.2) is 36.2 Å². The largest absolute Gasteiger partial charge is 0.497 e. The van der Waals surface area contributed by atoms with Crippen molar-refractivity contribution in [2.75, 3.05) is 19.1 Å². The summed E-state index contributed by atoms with van der Waals surface area (Å²) >= 11 is 3.17. The van der Waals surface area contributed by atoms with Gasteiger partial charge in [0.05, 0.1) is 23.5 Å². The second kappa shape index (κ2) is 8.87. The fraction of sp³-hybridized carbons (Fsp3) is 0.360. The quantitative estimate of drug-likeness (QED) is 0.497. The zero-order valence-electron chi connectivity index (χ0n) is 18.6. The number of amidine groups is 1. The van der Waals surface area contributed by atoms with E-state index in [0.717, 1.165) is 50.0 Å². The molecule has 0 bridgehead atoms. The Bertz CT molecular complexity index is 1120. The number of aliphatic imine (C=N–C) groups is 1. The SMILES string of the molecule is COc1ccc2c(c1)N(C)C(=C1SC(=Nc3cccc(C)c3)N(C3CCCCC3)C1=O)S2. The van der Waals surface area contributed by atoms with Crippen LogP contribution >= 0.6 is 23.5 Å². The number of methoxy groups -OCH3 is 1. The van der Waals surface area contributed by atoms with Gasteiger partial charge in [0.1, 0.15) is 10.7 Å². The van der Waals surface area contributed by atoms with Gasteiger partial charge in [-0.05, 0) is 61.4 Å². The third kappa shape index (κ3) is 3.92. The Labute approximate surface area is 197 Å². The molecule has 1 amide bonds. The third-order valence-corrected chi connectivity index (χ3v) is 8.62. The molecule has 0 spiro atoms. The molecule has 5 rings (SSSR count). The van der Waals surface area contributed by atoms with Crippen LogP contribution in [0.4, 0.5) is 11.4 Å². The van der Waals surface area contributed by atoms with Gasteiger partial charge in [0.2, 0.25) is 0 Å². The number of hydrogen-bond acceptors (Lipinski definition) is 6. The van der Waals surface area contributed by atoms with Crippen LogP contribution in [0.15, 0.2) is 62.3 Å². The van der Waals surface area contributed by atoms with Crippen molar-refractivity contribution in [3.8, 4) is 5.75 Å². The molecule has 0 unspecified atom stereocenters. The Morgan fingerprint density at radius 1 is 1.06 bits per heavy atom. The summed E-state index contributed by atoms with van der Waals surface area (Å²) < 4.78 is 5.41. The van der Waals surface area contributed by atoms with E-state index < -0.39 is 0 Å². The number of amides is 1. The Morgan fingerprint density at radius 2 is 1.88 bits per heavy atom. The van der Waals surface area contributed by atoms with E-state index in [1.807, 2.05) is 36.2 Å². The first-order chi connectivity index (χ1) is 15.5. The molecule has 1 aliphatic carbocycles. The van der Waals surface area contributed by atoms with E-state index in [1.54, 1.807) is 18.9 Å². The number of nitrogens with zero attached hydrogens (tertiary/aromatic N) is 3. The van der Waals surface area contributed by atoms with Gasteiger partial charge in [-0.1, -0.05) is 43.2 Å². The van der Waals surface area contributed by atoms with Crippen LogP contribution in [0, 0.1) is 6.92 Å². The zero-order valence-corrected chi connectivity index (χ0v) is 20.3. The van der Waals surface area contributed by atoms with Crippen LogP contribution in [-0.2, 0) is 4.79 Å². The van der Waals surface area contributed by atoms with Crippen LogP contribution in [0.25, 0.3) is 0 Å². The maximum absolute atomic E-state index is 13.8. The zero-order chi connectivity index (χ0) is 22.2. The summed E-state index contributed by atoms with van der Waals surface area (Å²) in [6.45, 7) is 2.07. The van der Waals surface area contributed by atoms with Crippen molar-refractivity contribution in [1.82, 2.24) is 4.90 Å². The lowest BCUT2D eigenvalue weighted by Gasteiger charge is -2.30. The highest BCUT2D eigenvalue weighted by molar-refractivity contribution is 8.19. The molecule has 2 aliphatic heterocycles. The lowest BCUT2D eigenvalue weighted by atomic mass is 9.94. The number of thioether (sulfide) groups is 2. The molecule has 0 radical (unpaired) electrons. The second-order valence-corrected chi connectivity index (χ2v) is 10.4. The highest BCUT2D eigenvalue weighted by Gasteiger charge is 2.42. The third-order valence-electron chi connectivity index (χ3n) is 6.21. The molecule has 7 heteroatoms. The highest BCUT2D eigenvalue weighted by Crippen LogP contribution is 2.51. The molecule has 0 N–H and O–H groups in total. The first kappa shape index (κ1) is 21.5. The molecule has 2 heterocycles. The van der Waals surface area contributed by atoms with Gasteiger partial charge in [0.15, 0.2) is 5.17 Å². The monoisotopic (exact) mass is 465 g/mol. The van der Waals surface area contributed by atoms with Crippen molar-refractivity contribution in [3.63, 3.8) is 0 Å². The highest BCUT2D eigenvalue weighted by atomic mass is 32.2. The Balaban J connectivity index is 1.55. The standard InChI is InChI=1S/C25H27N3O2S2/c1-16-8-7-9-17(14-16)26-25-28(18-10-5-4-6-11-18)23(29)22(32-25)24-27(2)20-15-19(30-3)12-13-21(20)31-24/h7-9,12-15,18H,4-6,10-11H2,1-3H3. The summed E-state index contributed by atoms with van der Waals surface area (Å²) in [7, 11) is 3.70. The predicted molar refractivity (Wildman–Crippen MR) is 134 cm³/mol. The van der Waals surface area contributed by atoms with Gasteiger partial charge in [0, 0.05) is 24.1 Å². The van der Waals surface area contributed by atoms with E-state index in [4.69, 9.17) is 9.73 Å². The maximum atomic E-state index is 13.8. The average molecular weight is 466 g/mol. The molecule has 2 aromatic rings. The van der Waals surface area contributed by atoms with E-state index in [-0.39, 0.29) is 11.9 Å². The van der Waals surface area contributed by atoms with Gasteiger partial charge in [-0.3, -0.25) is 9.69 Å². The van der Waals surface area contributed by atoms with E-state index in [0.29, 0.717) is 0 Å². The summed E-state index contributed by atoms with van der Waals surface area (Å²) in [5.41, 5.74) is 3.13.